The van der Waals surface area contributed by atoms with Crippen LogP contribution < -0.4 is 0 Å². The van der Waals surface area contributed by atoms with Crippen LogP contribution in [0.4, 0.5) is 17.6 Å². The Bertz CT molecular complexity index is 1540. The Kier molecular flexibility index (Phi) is 7.16. The first-order valence-corrected chi connectivity index (χ1v) is 12.6. The number of hydrogen-bond donors (Lipinski definition) is 1. The number of thiophene rings is 1. The Morgan fingerprint density at radius 3 is 2.54 bits per heavy atom. The van der Waals surface area contributed by atoms with Crippen molar-refractivity contribution in [1.29, 1.82) is 0 Å². The quantitative estimate of drug-likeness (QED) is 0.287. The van der Waals surface area contributed by atoms with Crippen molar-refractivity contribution >= 4 is 17.2 Å². The molecule has 1 aliphatic rings. The molecular formula is C26H20F4N6O2S. The van der Waals surface area contributed by atoms with Crippen LogP contribution in [0, 0.1) is 23.5 Å². The van der Waals surface area contributed by atoms with E-state index in [4.69, 9.17) is 0 Å². The van der Waals surface area contributed by atoms with E-state index in [0.29, 0.717) is 21.4 Å². The molecule has 1 N–H and O–H groups in total. The number of pyridine rings is 1. The largest absolute Gasteiger partial charge is 0.377 e. The normalized spacial score (nSPS) is 15.1. The first-order chi connectivity index (χ1) is 18.7. The zero-order chi connectivity index (χ0) is 27.6. The van der Waals surface area contributed by atoms with Crippen LogP contribution in [0.25, 0.3) is 0 Å². The fraction of sp³-hybridized carbons (Fsp3) is 0.269. The number of tetrazole rings is 1. The lowest BCUT2D eigenvalue weighted by molar-refractivity contribution is -0.207. The van der Waals surface area contributed by atoms with Crippen LogP contribution in [0.5, 0.6) is 0 Å². The summed E-state index contributed by atoms with van der Waals surface area (Å²) in [6, 6.07) is 7.58. The number of carbonyl (C=O) groups excluding carboxylic acids is 1. The van der Waals surface area contributed by atoms with Crippen LogP contribution in [-0.4, -0.2) is 54.2 Å². The molecule has 0 spiro atoms. The molecule has 8 nitrogen and oxygen atoms in total. The smallest absolute Gasteiger partial charge is 0.323 e. The van der Waals surface area contributed by atoms with Crippen LogP contribution in [0.1, 0.15) is 44.2 Å². The molecule has 1 aromatic carbocycles. The standard InChI is InChI=1S/C26H20F4N6O2S/c27-18-5-8-20(21(28)13-18)25(38,15-36-16-32-33-34-36)26(29,30)23-10-4-17(14-31-23)3-6-19-7-9-22(39-19)24(37)35-11-1-2-12-35/h4-5,7-10,13-14,16,38H,1-2,11-12,15H2. The van der Waals surface area contributed by atoms with Crippen molar-refractivity contribution in [2.24, 2.45) is 0 Å². The molecule has 1 aliphatic heterocycles. The molecule has 1 atom stereocenters. The Labute approximate surface area is 223 Å². The number of benzene rings is 1. The number of aliphatic hydroxyl groups is 1. The van der Waals surface area contributed by atoms with Crippen molar-refractivity contribution in [3.63, 3.8) is 0 Å². The van der Waals surface area contributed by atoms with Crippen molar-refractivity contribution in [2.45, 2.75) is 30.9 Å². The average Bonchev–Trinajstić information content (AvgIpc) is 3.71. The maximum absolute atomic E-state index is 15.8. The second-order valence-electron chi connectivity index (χ2n) is 8.91. The summed E-state index contributed by atoms with van der Waals surface area (Å²) in [5.74, 6) is -0.856. The number of hydrogen-bond acceptors (Lipinski definition) is 7. The second-order valence-corrected chi connectivity index (χ2v) is 10.00. The molecule has 0 bridgehead atoms. The highest BCUT2D eigenvalue weighted by Gasteiger charge is 2.58. The summed E-state index contributed by atoms with van der Waals surface area (Å²) in [6.07, 6.45) is 4.04. The Morgan fingerprint density at radius 1 is 1.08 bits per heavy atom. The van der Waals surface area contributed by atoms with Gasteiger partial charge in [0, 0.05) is 36.5 Å². The van der Waals surface area contributed by atoms with Gasteiger partial charge in [0.25, 0.3) is 5.91 Å². The maximum Gasteiger partial charge on any atom is 0.323 e. The molecule has 1 unspecified atom stereocenters. The third-order valence-electron chi connectivity index (χ3n) is 6.30. The Morgan fingerprint density at radius 2 is 1.87 bits per heavy atom. The summed E-state index contributed by atoms with van der Waals surface area (Å²) in [5, 5.41) is 21.4. The van der Waals surface area contributed by atoms with Gasteiger partial charge in [0.15, 0.2) is 5.60 Å². The zero-order valence-electron chi connectivity index (χ0n) is 20.2. The molecule has 1 saturated heterocycles. The van der Waals surface area contributed by atoms with Gasteiger partial charge in [-0.25, -0.2) is 13.5 Å². The third-order valence-corrected chi connectivity index (χ3v) is 7.29. The van der Waals surface area contributed by atoms with Gasteiger partial charge < -0.3 is 10.0 Å². The van der Waals surface area contributed by atoms with Gasteiger partial charge in [0.1, 0.15) is 23.7 Å². The van der Waals surface area contributed by atoms with Crippen LogP contribution in [0.2, 0.25) is 0 Å². The molecule has 5 rings (SSSR count). The number of halogens is 4. The highest BCUT2D eigenvalue weighted by Crippen LogP contribution is 2.46. The molecule has 1 fully saturated rings. The summed E-state index contributed by atoms with van der Waals surface area (Å²) in [7, 11) is 0. The highest BCUT2D eigenvalue weighted by atomic mass is 32.1. The number of aromatic nitrogens is 5. The average molecular weight is 557 g/mol. The second kappa shape index (κ2) is 10.5. The maximum atomic E-state index is 15.8. The molecule has 200 valence electrons. The molecule has 0 radical (unpaired) electrons. The van der Waals surface area contributed by atoms with E-state index >= 15 is 8.78 Å². The van der Waals surface area contributed by atoms with E-state index in [1.165, 1.54) is 17.4 Å². The molecule has 1 amide bonds. The minimum absolute atomic E-state index is 0.0365. The van der Waals surface area contributed by atoms with Crippen LogP contribution >= 0.6 is 11.3 Å². The lowest BCUT2D eigenvalue weighted by Crippen LogP contribution is -2.48. The topological polar surface area (TPSA) is 97.0 Å². The predicted octanol–water partition coefficient (Wildman–Crippen LogP) is 3.72. The number of alkyl halides is 2. The molecule has 0 saturated carbocycles. The summed E-state index contributed by atoms with van der Waals surface area (Å²) in [5.41, 5.74) is -4.66. The predicted molar refractivity (Wildman–Crippen MR) is 132 cm³/mol. The van der Waals surface area contributed by atoms with Gasteiger partial charge in [0.2, 0.25) is 0 Å². The molecule has 13 heteroatoms. The number of likely N-dealkylation sites (tertiary alicyclic amines) is 1. The lowest BCUT2D eigenvalue weighted by Gasteiger charge is -2.35. The van der Waals surface area contributed by atoms with E-state index in [2.05, 4.69) is 32.4 Å². The summed E-state index contributed by atoms with van der Waals surface area (Å²) in [4.78, 5) is 19.3. The number of rotatable bonds is 6. The number of amides is 1. The van der Waals surface area contributed by atoms with Crippen LogP contribution in [0.3, 0.4) is 0 Å². The van der Waals surface area contributed by atoms with Gasteiger partial charge >= 0.3 is 5.92 Å². The van der Waals surface area contributed by atoms with Gasteiger partial charge in [-0.2, -0.15) is 8.78 Å². The summed E-state index contributed by atoms with van der Waals surface area (Å²) >= 11 is 1.24. The zero-order valence-corrected chi connectivity index (χ0v) is 21.0. The molecule has 4 aromatic rings. The van der Waals surface area contributed by atoms with E-state index < -0.39 is 41.0 Å². The van der Waals surface area contributed by atoms with Crippen molar-refractivity contribution in [3.8, 4) is 11.8 Å². The van der Waals surface area contributed by atoms with Crippen molar-refractivity contribution in [2.75, 3.05) is 13.1 Å². The van der Waals surface area contributed by atoms with E-state index in [-0.39, 0.29) is 5.91 Å². The number of carbonyl (C=O) groups is 1. The van der Waals surface area contributed by atoms with Crippen LogP contribution in [0.15, 0.2) is 55.0 Å². The van der Waals surface area contributed by atoms with Crippen molar-refractivity contribution < 1.29 is 27.5 Å². The molecule has 0 aliphatic carbocycles. The Hall–Kier alpha value is -4.15. The first kappa shape index (κ1) is 26.5. The van der Waals surface area contributed by atoms with Gasteiger partial charge in [-0.3, -0.25) is 9.78 Å². The van der Waals surface area contributed by atoms with E-state index in [0.717, 1.165) is 61.3 Å². The van der Waals surface area contributed by atoms with Crippen LogP contribution in [-0.2, 0) is 18.1 Å². The van der Waals surface area contributed by atoms with Gasteiger partial charge in [0.05, 0.1) is 16.3 Å². The lowest BCUT2D eigenvalue weighted by atomic mass is 9.84. The summed E-state index contributed by atoms with van der Waals surface area (Å²) in [6.45, 7) is 0.522. The number of nitrogens with zero attached hydrogens (tertiary/aromatic N) is 6. The van der Waals surface area contributed by atoms with Gasteiger partial charge in [-0.1, -0.05) is 11.8 Å². The minimum Gasteiger partial charge on any atom is -0.377 e. The minimum atomic E-state index is -4.16. The van der Waals surface area contributed by atoms with Crippen molar-refractivity contribution in [3.05, 3.63) is 93.2 Å². The summed E-state index contributed by atoms with van der Waals surface area (Å²) < 4.78 is 60.6. The molecule has 4 heterocycles. The van der Waals surface area contributed by atoms with Gasteiger partial charge in [-0.15, -0.1) is 16.4 Å². The first-order valence-electron chi connectivity index (χ1n) is 11.8. The molecule has 3 aromatic heterocycles. The van der Waals surface area contributed by atoms with E-state index in [1.54, 1.807) is 17.0 Å². The van der Waals surface area contributed by atoms with Gasteiger partial charge in [-0.05, 0) is 59.7 Å². The molecule has 39 heavy (non-hydrogen) atoms. The monoisotopic (exact) mass is 556 g/mol. The highest BCUT2D eigenvalue weighted by molar-refractivity contribution is 7.14. The molecular weight excluding hydrogens is 536 g/mol. The van der Waals surface area contributed by atoms with E-state index in [9.17, 15) is 18.7 Å². The third kappa shape index (κ3) is 5.25. The fourth-order valence-corrected chi connectivity index (χ4v) is 5.09. The SMILES string of the molecule is O=C(c1ccc(C#Cc2ccc(C(F)(F)C(O)(Cn3cnnn3)c3ccc(F)cc3F)nc2)s1)N1CCCC1. The van der Waals surface area contributed by atoms with E-state index in [1.807, 2.05) is 0 Å². The Balaban J connectivity index is 1.40. The fourth-order valence-electron chi connectivity index (χ4n) is 4.26. The van der Waals surface area contributed by atoms with Crippen molar-refractivity contribution in [1.82, 2.24) is 30.1 Å².